The number of piperazine rings is 1. The monoisotopic (exact) mass is 443 g/mol. The van der Waals surface area contributed by atoms with Crippen LogP contribution in [0.3, 0.4) is 0 Å². The first-order chi connectivity index (χ1) is 16.2. The Labute approximate surface area is 191 Å². The topological polar surface area (TPSA) is 111 Å². The molecule has 1 saturated heterocycles. The number of pyridine rings is 1. The van der Waals surface area contributed by atoms with E-state index in [-0.39, 0.29) is 0 Å². The minimum absolute atomic E-state index is 0.446. The molecule has 4 aromatic rings. The van der Waals surface area contributed by atoms with Gasteiger partial charge in [-0.1, -0.05) is 0 Å². The number of methoxy groups -OCH3 is 1. The van der Waals surface area contributed by atoms with Crippen molar-refractivity contribution in [1.29, 1.82) is 5.26 Å². The number of hydrogen-bond acceptors (Lipinski definition) is 8. The molecule has 33 heavy (non-hydrogen) atoms. The molecule has 0 unspecified atom stereocenters. The summed E-state index contributed by atoms with van der Waals surface area (Å²) in [7, 11) is 1.62. The number of anilines is 2. The average Bonchev–Trinajstić information content (AvgIpc) is 3.32. The van der Waals surface area contributed by atoms with Crippen LogP contribution < -0.4 is 20.1 Å². The standard InChI is InChI=1S/C24H25N7O2/c1-32-22-11-19-21(12-23(22)33-9-8-31-6-4-26-5-7-31)27-14-17(13-25)24(19)29-18-3-2-16-15-28-30-20(16)10-18/h2-3,10-12,14-15,26H,4-9H2,1H3,(H,27,29)(H,28,30). The third-order valence-electron chi connectivity index (χ3n) is 5.86. The van der Waals surface area contributed by atoms with Crippen molar-refractivity contribution in [2.45, 2.75) is 0 Å². The van der Waals surface area contributed by atoms with Crippen LogP contribution in [0.4, 0.5) is 11.4 Å². The van der Waals surface area contributed by atoms with Crippen LogP contribution in [0.2, 0.25) is 0 Å². The van der Waals surface area contributed by atoms with Gasteiger partial charge in [0.2, 0.25) is 0 Å². The van der Waals surface area contributed by atoms with Crippen molar-refractivity contribution in [3.8, 4) is 17.6 Å². The highest BCUT2D eigenvalue weighted by molar-refractivity contribution is 5.98. The lowest BCUT2D eigenvalue weighted by atomic mass is 10.1. The van der Waals surface area contributed by atoms with Crippen LogP contribution in [0.1, 0.15) is 5.56 Å². The van der Waals surface area contributed by atoms with E-state index in [0.717, 1.165) is 60.2 Å². The molecule has 0 aliphatic carbocycles. The lowest BCUT2D eigenvalue weighted by Gasteiger charge is -2.27. The number of H-pyrrole nitrogens is 1. The summed E-state index contributed by atoms with van der Waals surface area (Å²) in [5.74, 6) is 1.24. The van der Waals surface area contributed by atoms with Crippen molar-refractivity contribution in [2.24, 2.45) is 0 Å². The summed E-state index contributed by atoms with van der Waals surface area (Å²) in [5, 5.41) is 25.3. The number of nitrogens with one attached hydrogen (secondary N) is 3. The van der Waals surface area contributed by atoms with Gasteiger partial charge in [-0.25, -0.2) is 0 Å². The zero-order valence-electron chi connectivity index (χ0n) is 18.4. The van der Waals surface area contributed by atoms with Crippen molar-refractivity contribution < 1.29 is 9.47 Å². The van der Waals surface area contributed by atoms with Crippen LogP contribution in [-0.4, -0.2) is 66.5 Å². The van der Waals surface area contributed by atoms with E-state index < -0.39 is 0 Å². The molecule has 1 aliphatic heterocycles. The van der Waals surface area contributed by atoms with E-state index in [4.69, 9.17) is 9.47 Å². The van der Waals surface area contributed by atoms with Crippen LogP contribution >= 0.6 is 0 Å². The van der Waals surface area contributed by atoms with Crippen LogP contribution in [0, 0.1) is 11.3 Å². The smallest absolute Gasteiger partial charge is 0.163 e. The number of hydrogen-bond donors (Lipinski definition) is 3. The number of rotatable bonds is 7. The maximum absolute atomic E-state index is 9.70. The van der Waals surface area contributed by atoms with Gasteiger partial charge in [0, 0.05) is 61.4 Å². The number of benzene rings is 2. The molecule has 0 spiro atoms. The molecule has 0 saturated carbocycles. The zero-order valence-corrected chi connectivity index (χ0v) is 18.4. The molecule has 9 nitrogen and oxygen atoms in total. The second-order valence-corrected chi connectivity index (χ2v) is 7.92. The molecule has 2 aromatic heterocycles. The van der Waals surface area contributed by atoms with Gasteiger partial charge in [-0.3, -0.25) is 15.0 Å². The average molecular weight is 444 g/mol. The maximum atomic E-state index is 9.70. The van der Waals surface area contributed by atoms with Crippen molar-refractivity contribution in [3.05, 3.63) is 48.3 Å². The van der Waals surface area contributed by atoms with Crippen LogP contribution in [0.25, 0.3) is 21.8 Å². The second-order valence-electron chi connectivity index (χ2n) is 7.92. The summed E-state index contributed by atoms with van der Waals surface area (Å²) in [4.78, 5) is 6.87. The second kappa shape index (κ2) is 9.32. The molecule has 9 heteroatoms. The van der Waals surface area contributed by atoms with Gasteiger partial charge in [-0.2, -0.15) is 10.4 Å². The molecule has 168 valence electrons. The van der Waals surface area contributed by atoms with Gasteiger partial charge >= 0.3 is 0 Å². The van der Waals surface area contributed by atoms with Crippen LogP contribution in [0.5, 0.6) is 11.5 Å². The van der Waals surface area contributed by atoms with E-state index in [2.05, 4.69) is 36.8 Å². The Kier molecular flexibility index (Phi) is 5.93. The fourth-order valence-corrected chi connectivity index (χ4v) is 4.07. The minimum atomic E-state index is 0.446. The summed E-state index contributed by atoms with van der Waals surface area (Å²) in [6.45, 7) is 5.48. The minimum Gasteiger partial charge on any atom is -0.493 e. The first-order valence-electron chi connectivity index (χ1n) is 10.9. The molecule has 2 aromatic carbocycles. The summed E-state index contributed by atoms with van der Waals surface area (Å²) >= 11 is 0. The predicted molar refractivity (Wildman–Crippen MR) is 127 cm³/mol. The molecule has 0 atom stereocenters. The Morgan fingerprint density at radius 3 is 2.85 bits per heavy atom. The van der Waals surface area contributed by atoms with E-state index in [9.17, 15) is 5.26 Å². The third-order valence-corrected chi connectivity index (χ3v) is 5.86. The number of nitriles is 1. The molecule has 0 radical (unpaired) electrons. The lowest BCUT2D eigenvalue weighted by molar-refractivity contribution is 0.188. The molecule has 5 rings (SSSR count). The predicted octanol–water partition coefficient (Wildman–Crippen LogP) is 3.02. The third kappa shape index (κ3) is 4.39. The number of aromatic nitrogens is 3. The van der Waals surface area contributed by atoms with E-state index in [1.54, 1.807) is 19.5 Å². The Bertz CT molecular complexity index is 1320. The molecule has 0 amide bonds. The highest BCUT2D eigenvalue weighted by Crippen LogP contribution is 2.37. The largest absolute Gasteiger partial charge is 0.493 e. The molecule has 1 fully saturated rings. The summed E-state index contributed by atoms with van der Waals surface area (Å²) in [5.41, 5.74) is 3.59. The van der Waals surface area contributed by atoms with Gasteiger partial charge in [0.15, 0.2) is 11.5 Å². The SMILES string of the molecule is COc1cc2c(Nc3ccc4cn[nH]c4c3)c(C#N)cnc2cc1OCCN1CCNCC1. The zero-order chi connectivity index (χ0) is 22.6. The van der Waals surface area contributed by atoms with Crippen molar-refractivity contribution in [3.63, 3.8) is 0 Å². The number of aromatic amines is 1. The highest BCUT2D eigenvalue weighted by Gasteiger charge is 2.16. The van der Waals surface area contributed by atoms with Gasteiger partial charge in [0.25, 0.3) is 0 Å². The van der Waals surface area contributed by atoms with Crippen molar-refractivity contribution in [2.75, 3.05) is 51.8 Å². The Balaban J connectivity index is 1.44. The number of ether oxygens (including phenoxy) is 2. The molecule has 0 bridgehead atoms. The molecule has 3 heterocycles. The quantitative estimate of drug-likeness (QED) is 0.400. The normalized spacial score (nSPS) is 14.3. The molecular weight excluding hydrogens is 418 g/mol. The Morgan fingerprint density at radius 2 is 2.03 bits per heavy atom. The van der Waals surface area contributed by atoms with Gasteiger partial charge < -0.3 is 20.1 Å². The summed E-state index contributed by atoms with van der Waals surface area (Å²) in [6.07, 6.45) is 3.35. The van der Waals surface area contributed by atoms with Crippen LogP contribution in [0.15, 0.2) is 42.7 Å². The molecule has 3 N–H and O–H groups in total. The first-order valence-corrected chi connectivity index (χ1v) is 10.9. The van der Waals surface area contributed by atoms with E-state index >= 15 is 0 Å². The van der Waals surface area contributed by atoms with Gasteiger partial charge in [-0.05, 0) is 24.3 Å². The summed E-state index contributed by atoms with van der Waals surface area (Å²) in [6, 6.07) is 11.9. The fraction of sp³-hybridized carbons (Fsp3) is 0.292. The number of fused-ring (bicyclic) bond motifs is 2. The van der Waals surface area contributed by atoms with Gasteiger partial charge in [0.05, 0.1) is 35.6 Å². The number of nitrogens with zero attached hydrogens (tertiary/aromatic N) is 4. The maximum Gasteiger partial charge on any atom is 0.163 e. The molecule has 1 aliphatic rings. The lowest BCUT2D eigenvalue weighted by Crippen LogP contribution is -2.44. The Hall–Kier alpha value is -3.87. The van der Waals surface area contributed by atoms with Crippen molar-refractivity contribution >= 4 is 33.2 Å². The van der Waals surface area contributed by atoms with E-state index in [0.29, 0.717) is 29.4 Å². The first kappa shape index (κ1) is 21.0. The van der Waals surface area contributed by atoms with Crippen molar-refractivity contribution in [1.82, 2.24) is 25.4 Å². The van der Waals surface area contributed by atoms with Gasteiger partial charge in [0.1, 0.15) is 12.7 Å². The highest BCUT2D eigenvalue weighted by atomic mass is 16.5. The Morgan fingerprint density at radius 1 is 1.15 bits per heavy atom. The fourth-order valence-electron chi connectivity index (χ4n) is 4.07. The summed E-state index contributed by atoms with van der Waals surface area (Å²) < 4.78 is 11.7. The van der Waals surface area contributed by atoms with E-state index in [1.807, 2.05) is 30.3 Å². The van der Waals surface area contributed by atoms with E-state index in [1.165, 1.54) is 0 Å². The molecular formula is C24H25N7O2. The van der Waals surface area contributed by atoms with Gasteiger partial charge in [-0.15, -0.1) is 0 Å². The van der Waals surface area contributed by atoms with Crippen LogP contribution in [-0.2, 0) is 0 Å².